The Hall–Kier alpha value is -1.91. The molecule has 0 saturated heterocycles. The van der Waals surface area contributed by atoms with Crippen molar-refractivity contribution >= 4 is 6.01 Å². The minimum Gasteiger partial charge on any atom is -0.324 e. The Morgan fingerprint density at radius 2 is 1.95 bits per heavy atom. The van der Waals surface area contributed by atoms with Crippen LogP contribution in [0.5, 0.6) is 0 Å². The van der Waals surface area contributed by atoms with Crippen molar-refractivity contribution in [2.45, 2.75) is 33.1 Å². The highest BCUT2D eigenvalue weighted by Crippen LogP contribution is 2.15. The van der Waals surface area contributed by atoms with Crippen LogP contribution in [0.3, 0.4) is 0 Å². The molecule has 0 fully saturated rings. The third-order valence-corrected chi connectivity index (χ3v) is 2.97. The first-order valence-electron chi connectivity index (χ1n) is 7.05. The van der Waals surface area contributed by atoms with Crippen LogP contribution in [0.2, 0.25) is 0 Å². The van der Waals surface area contributed by atoms with E-state index in [1.807, 2.05) is 6.07 Å². The zero-order valence-electron chi connectivity index (χ0n) is 12.0. The number of aromatic nitrogens is 2. The fourth-order valence-corrected chi connectivity index (χ4v) is 2.12. The SMILES string of the molecule is CCCN(CCC)c1nc(Cc2cccc(F)c2)no1. The van der Waals surface area contributed by atoms with Crippen LogP contribution in [0.25, 0.3) is 0 Å². The Morgan fingerprint density at radius 3 is 2.60 bits per heavy atom. The van der Waals surface area contributed by atoms with E-state index in [4.69, 9.17) is 4.52 Å². The van der Waals surface area contributed by atoms with Crippen molar-refractivity contribution < 1.29 is 8.91 Å². The van der Waals surface area contributed by atoms with Crippen molar-refractivity contribution in [1.29, 1.82) is 0 Å². The maximum atomic E-state index is 13.1. The third kappa shape index (κ3) is 3.79. The zero-order chi connectivity index (χ0) is 14.4. The quantitative estimate of drug-likeness (QED) is 0.777. The van der Waals surface area contributed by atoms with E-state index in [9.17, 15) is 4.39 Å². The van der Waals surface area contributed by atoms with Crippen LogP contribution in [0.15, 0.2) is 28.8 Å². The van der Waals surface area contributed by atoms with Crippen molar-refractivity contribution in [2.75, 3.05) is 18.0 Å². The summed E-state index contributed by atoms with van der Waals surface area (Å²) in [4.78, 5) is 6.48. The monoisotopic (exact) mass is 277 g/mol. The van der Waals surface area contributed by atoms with Crippen LogP contribution in [-0.4, -0.2) is 23.2 Å². The lowest BCUT2D eigenvalue weighted by atomic mass is 10.1. The molecule has 2 aromatic rings. The molecule has 0 aliphatic rings. The predicted octanol–water partition coefficient (Wildman–Crippen LogP) is 3.43. The number of hydrogen-bond acceptors (Lipinski definition) is 4. The first-order valence-corrected chi connectivity index (χ1v) is 7.05. The van der Waals surface area contributed by atoms with Crippen LogP contribution in [-0.2, 0) is 6.42 Å². The van der Waals surface area contributed by atoms with Crippen molar-refractivity contribution in [1.82, 2.24) is 10.1 Å². The van der Waals surface area contributed by atoms with Crippen molar-refractivity contribution in [3.05, 3.63) is 41.5 Å². The zero-order valence-corrected chi connectivity index (χ0v) is 12.0. The number of halogens is 1. The summed E-state index contributed by atoms with van der Waals surface area (Å²) < 4.78 is 18.4. The summed E-state index contributed by atoms with van der Waals surface area (Å²) in [6.07, 6.45) is 2.54. The van der Waals surface area contributed by atoms with E-state index < -0.39 is 0 Å². The van der Waals surface area contributed by atoms with Gasteiger partial charge in [-0.3, -0.25) is 0 Å². The van der Waals surface area contributed by atoms with E-state index >= 15 is 0 Å². The average Bonchev–Trinajstić information content (AvgIpc) is 2.87. The molecule has 2 rings (SSSR count). The summed E-state index contributed by atoms with van der Waals surface area (Å²) in [5, 5.41) is 3.98. The van der Waals surface area contributed by atoms with Crippen molar-refractivity contribution in [2.24, 2.45) is 0 Å². The van der Waals surface area contributed by atoms with Gasteiger partial charge in [0.05, 0.1) is 0 Å². The molecule has 0 aliphatic heterocycles. The number of rotatable bonds is 7. The molecular weight excluding hydrogens is 257 g/mol. The molecule has 1 heterocycles. The smallest absolute Gasteiger partial charge is 0.324 e. The highest BCUT2D eigenvalue weighted by molar-refractivity contribution is 5.26. The topological polar surface area (TPSA) is 42.2 Å². The summed E-state index contributed by atoms with van der Waals surface area (Å²) in [6.45, 7) is 6.03. The predicted molar refractivity (Wildman–Crippen MR) is 76.3 cm³/mol. The third-order valence-electron chi connectivity index (χ3n) is 2.97. The van der Waals surface area contributed by atoms with Crippen LogP contribution in [0.1, 0.15) is 38.1 Å². The van der Waals surface area contributed by atoms with Gasteiger partial charge < -0.3 is 9.42 Å². The molecule has 5 heteroatoms. The van der Waals surface area contributed by atoms with Crippen LogP contribution < -0.4 is 4.90 Å². The molecule has 0 saturated carbocycles. The highest BCUT2D eigenvalue weighted by atomic mass is 19.1. The number of nitrogens with zero attached hydrogens (tertiary/aromatic N) is 3. The van der Waals surface area contributed by atoms with Crippen molar-refractivity contribution in [3.8, 4) is 0 Å². The lowest BCUT2D eigenvalue weighted by molar-refractivity contribution is 0.406. The van der Waals surface area contributed by atoms with E-state index in [2.05, 4.69) is 28.9 Å². The van der Waals surface area contributed by atoms with Gasteiger partial charge in [0.1, 0.15) is 5.82 Å². The molecular formula is C15H20FN3O. The molecule has 0 N–H and O–H groups in total. The normalized spacial score (nSPS) is 10.8. The van der Waals surface area contributed by atoms with E-state index in [1.165, 1.54) is 12.1 Å². The Labute approximate surface area is 118 Å². The van der Waals surface area contributed by atoms with Gasteiger partial charge >= 0.3 is 6.01 Å². The maximum absolute atomic E-state index is 13.1. The second-order valence-electron chi connectivity index (χ2n) is 4.79. The molecule has 0 unspecified atom stereocenters. The molecule has 108 valence electrons. The van der Waals surface area contributed by atoms with Gasteiger partial charge in [0.15, 0.2) is 5.82 Å². The van der Waals surface area contributed by atoms with Gasteiger partial charge in [0.2, 0.25) is 0 Å². The van der Waals surface area contributed by atoms with Crippen LogP contribution in [0, 0.1) is 5.82 Å². The van der Waals surface area contributed by atoms with E-state index in [1.54, 1.807) is 6.07 Å². The fraction of sp³-hybridized carbons (Fsp3) is 0.467. The van der Waals surface area contributed by atoms with Gasteiger partial charge in [-0.15, -0.1) is 0 Å². The summed E-state index contributed by atoms with van der Waals surface area (Å²) in [5.41, 5.74) is 0.842. The first kappa shape index (κ1) is 14.5. The minimum atomic E-state index is -0.246. The van der Waals surface area contributed by atoms with Gasteiger partial charge in [-0.25, -0.2) is 4.39 Å². The summed E-state index contributed by atoms with van der Waals surface area (Å²) in [6, 6.07) is 7.02. The number of hydrogen-bond donors (Lipinski definition) is 0. The van der Waals surface area contributed by atoms with E-state index in [0.29, 0.717) is 18.3 Å². The van der Waals surface area contributed by atoms with E-state index in [-0.39, 0.29) is 5.82 Å². The molecule has 0 radical (unpaired) electrons. The minimum absolute atomic E-state index is 0.246. The van der Waals surface area contributed by atoms with Crippen molar-refractivity contribution in [3.63, 3.8) is 0 Å². The summed E-state index contributed by atoms with van der Waals surface area (Å²) in [7, 11) is 0. The first-order chi connectivity index (χ1) is 9.72. The highest BCUT2D eigenvalue weighted by Gasteiger charge is 2.13. The molecule has 0 atom stereocenters. The largest absolute Gasteiger partial charge is 0.324 e. The van der Waals surface area contributed by atoms with Gasteiger partial charge in [0.25, 0.3) is 0 Å². The molecule has 0 spiro atoms. The molecule has 4 nitrogen and oxygen atoms in total. The summed E-state index contributed by atoms with van der Waals surface area (Å²) in [5.74, 6) is 0.340. The molecule has 1 aromatic carbocycles. The number of benzene rings is 1. The molecule has 0 amide bonds. The molecule has 0 aliphatic carbocycles. The molecule has 0 bridgehead atoms. The Balaban J connectivity index is 2.07. The standard InChI is InChI=1S/C15H20FN3O/c1-3-8-19(9-4-2)15-17-14(18-20-15)11-12-6-5-7-13(16)10-12/h5-7,10H,3-4,8-9,11H2,1-2H3. The van der Waals surface area contributed by atoms with Gasteiger partial charge in [0, 0.05) is 19.5 Å². The Bertz CT molecular complexity index is 535. The van der Waals surface area contributed by atoms with Crippen LogP contribution in [0.4, 0.5) is 10.4 Å². The fourth-order valence-electron chi connectivity index (χ4n) is 2.12. The lowest BCUT2D eigenvalue weighted by Gasteiger charge is -2.17. The van der Waals surface area contributed by atoms with E-state index in [0.717, 1.165) is 31.5 Å². The Kier molecular flexibility index (Phi) is 5.09. The van der Waals surface area contributed by atoms with Gasteiger partial charge in [-0.1, -0.05) is 31.1 Å². The van der Waals surface area contributed by atoms with Crippen LogP contribution >= 0.6 is 0 Å². The second kappa shape index (κ2) is 7.03. The number of anilines is 1. The molecule has 1 aromatic heterocycles. The van der Waals surface area contributed by atoms with Gasteiger partial charge in [-0.2, -0.15) is 4.98 Å². The average molecular weight is 277 g/mol. The summed E-state index contributed by atoms with van der Waals surface area (Å²) >= 11 is 0. The van der Waals surface area contributed by atoms with Gasteiger partial charge in [-0.05, 0) is 30.5 Å². The lowest BCUT2D eigenvalue weighted by Crippen LogP contribution is -2.25. The second-order valence-corrected chi connectivity index (χ2v) is 4.79. The maximum Gasteiger partial charge on any atom is 0.324 e. The molecule has 20 heavy (non-hydrogen) atoms. The Morgan fingerprint density at radius 1 is 1.20 bits per heavy atom.